The Morgan fingerprint density at radius 1 is 1.15 bits per heavy atom. The molecule has 1 amide bonds. The molecule has 27 heavy (non-hydrogen) atoms. The van der Waals surface area contributed by atoms with Gasteiger partial charge in [0.05, 0.1) is 31.1 Å². The highest BCUT2D eigenvalue weighted by Crippen LogP contribution is 2.30. The summed E-state index contributed by atoms with van der Waals surface area (Å²) < 4.78 is 14.0. The molecular formula is C20H18FN3O2S. The molecule has 0 radical (unpaired) electrons. The quantitative estimate of drug-likeness (QED) is 0.797. The van der Waals surface area contributed by atoms with Crippen LogP contribution in [-0.4, -0.2) is 42.2 Å². The Labute approximate surface area is 160 Å². The maximum absolute atomic E-state index is 14.0. The highest BCUT2D eigenvalue weighted by molar-refractivity contribution is 8.18. The normalized spacial score (nSPS) is 19.6. The first-order chi connectivity index (χ1) is 13.1. The van der Waals surface area contributed by atoms with Crippen LogP contribution in [0.1, 0.15) is 5.56 Å². The van der Waals surface area contributed by atoms with Crippen molar-refractivity contribution < 1.29 is 19.2 Å². The Kier molecular flexibility index (Phi) is 4.96. The summed E-state index contributed by atoms with van der Waals surface area (Å²) >= 11 is 1.33. The molecule has 1 fully saturated rings. The number of aliphatic imine (C=N–C) groups is 1. The molecule has 7 heteroatoms. The van der Waals surface area contributed by atoms with Gasteiger partial charge in [-0.05, 0) is 29.5 Å². The van der Waals surface area contributed by atoms with Crippen LogP contribution >= 0.6 is 11.8 Å². The van der Waals surface area contributed by atoms with E-state index in [2.05, 4.69) is 9.89 Å². The Hall–Kier alpha value is -2.64. The van der Waals surface area contributed by atoms with Crippen LogP contribution in [0.2, 0.25) is 0 Å². The predicted molar refractivity (Wildman–Crippen MR) is 102 cm³/mol. The number of amidine groups is 1. The first-order valence-corrected chi connectivity index (χ1v) is 9.56. The van der Waals surface area contributed by atoms with Gasteiger partial charge in [-0.1, -0.05) is 36.4 Å². The van der Waals surface area contributed by atoms with Crippen LogP contribution < -0.4 is 10.0 Å². The summed E-state index contributed by atoms with van der Waals surface area (Å²) in [5.41, 5.74) is 1.39. The molecule has 0 aromatic heterocycles. The Morgan fingerprint density at radius 3 is 2.67 bits per heavy atom. The summed E-state index contributed by atoms with van der Waals surface area (Å²) in [6.45, 7) is 2.89. The van der Waals surface area contributed by atoms with Crippen molar-refractivity contribution in [2.75, 3.05) is 26.2 Å². The van der Waals surface area contributed by atoms with Gasteiger partial charge in [-0.25, -0.2) is 4.39 Å². The van der Waals surface area contributed by atoms with Crippen LogP contribution in [0.15, 0.2) is 58.4 Å². The largest absolute Gasteiger partial charge is 0.872 e. The fraction of sp³-hybridized carbons (Fsp3) is 0.200. The van der Waals surface area contributed by atoms with Crippen molar-refractivity contribution in [3.63, 3.8) is 0 Å². The molecule has 0 saturated carbocycles. The van der Waals surface area contributed by atoms with E-state index in [1.807, 2.05) is 12.1 Å². The lowest BCUT2D eigenvalue weighted by Gasteiger charge is -2.32. The van der Waals surface area contributed by atoms with E-state index in [1.165, 1.54) is 30.0 Å². The summed E-state index contributed by atoms with van der Waals surface area (Å²) in [6, 6.07) is 13.3. The maximum Gasteiger partial charge on any atom is 0.286 e. The summed E-state index contributed by atoms with van der Waals surface area (Å²) in [5.74, 6) is -0.558. The van der Waals surface area contributed by atoms with Crippen LogP contribution in [0.5, 0.6) is 5.75 Å². The van der Waals surface area contributed by atoms with E-state index in [-0.39, 0.29) is 17.5 Å². The number of piperazine rings is 1. The van der Waals surface area contributed by atoms with E-state index in [0.717, 1.165) is 18.0 Å². The van der Waals surface area contributed by atoms with E-state index in [0.29, 0.717) is 34.4 Å². The minimum absolute atomic E-state index is 0.0896. The van der Waals surface area contributed by atoms with Crippen molar-refractivity contribution in [1.29, 1.82) is 0 Å². The molecule has 1 N–H and O–H groups in total. The van der Waals surface area contributed by atoms with Crippen LogP contribution in [0.25, 0.3) is 6.08 Å². The van der Waals surface area contributed by atoms with Crippen molar-refractivity contribution in [3.05, 3.63) is 64.8 Å². The number of para-hydroxylation sites is 1. The van der Waals surface area contributed by atoms with Crippen LogP contribution in [0.3, 0.4) is 0 Å². The second-order valence-corrected chi connectivity index (χ2v) is 7.46. The lowest BCUT2D eigenvalue weighted by Crippen LogP contribution is -3.10. The summed E-state index contributed by atoms with van der Waals surface area (Å²) in [6.07, 6.45) is 1.70. The number of benzene rings is 2. The third-order valence-corrected chi connectivity index (χ3v) is 5.70. The molecule has 0 spiro atoms. The van der Waals surface area contributed by atoms with E-state index in [1.54, 1.807) is 24.3 Å². The van der Waals surface area contributed by atoms with Gasteiger partial charge in [0.1, 0.15) is 0 Å². The Morgan fingerprint density at radius 2 is 1.93 bits per heavy atom. The van der Waals surface area contributed by atoms with E-state index >= 15 is 0 Å². The molecule has 2 aliphatic heterocycles. The minimum atomic E-state index is -0.282. The topological polar surface area (TPSA) is 60.2 Å². The van der Waals surface area contributed by atoms with Crippen molar-refractivity contribution in [1.82, 2.24) is 4.90 Å². The average molecular weight is 383 g/mol. The number of thioether (sulfide) groups is 1. The van der Waals surface area contributed by atoms with Crippen molar-refractivity contribution >= 4 is 34.6 Å². The highest BCUT2D eigenvalue weighted by Gasteiger charge is 2.30. The molecule has 0 aliphatic carbocycles. The minimum Gasteiger partial charge on any atom is -0.872 e. The zero-order valence-electron chi connectivity index (χ0n) is 14.5. The number of amides is 1. The summed E-state index contributed by atoms with van der Waals surface area (Å²) in [5, 5.41) is 12.1. The Bertz CT molecular complexity index is 936. The number of carbonyl (C=O) groups is 1. The third kappa shape index (κ3) is 3.89. The zero-order chi connectivity index (χ0) is 18.8. The molecule has 2 heterocycles. The van der Waals surface area contributed by atoms with Gasteiger partial charge in [-0.15, -0.1) is 5.75 Å². The Balaban J connectivity index is 1.42. The summed E-state index contributed by atoms with van der Waals surface area (Å²) in [7, 11) is 0. The zero-order valence-corrected chi connectivity index (χ0v) is 15.3. The highest BCUT2D eigenvalue weighted by atomic mass is 32.2. The molecule has 5 nitrogen and oxygen atoms in total. The third-order valence-electron chi connectivity index (χ3n) is 4.66. The van der Waals surface area contributed by atoms with Gasteiger partial charge < -0.3 is 10.0 Å². The first kappa shape index (κ1) is 17.8. The molecule has 0 unspecified atom stereocenters. The van der Waals surface area contributed by atoms with Gasteiger partial charge in [-0.3, -0.25) is 9.69 Å². The lowest BCUT2D eigenvalue weighted by molar-refractivity contribution is -0.838. The van der Waals surface area contributed by atoms with Crippen molar-refractivity contribution in [2.45, 2.75) is 0 Å². The van der Waals surface area contributed by atoms with E-state index in [9.17, 15) is 14.3 Å². The number of nitrogens with zero attached hydrogens (tertiary/aromatic N) is 2. The average Bonchev–Trinajstić information content (AvgIpc) is 3.03. The molecule has 138 valence electrons. The molecule has 2 aromatic carbocycles. The molecule has 0 atom stereocenters. The SMILES string of the molecule is O=C1N=C(N2CC[NH+](c3ccccc3F)CC2)SC1=Cc1cccc([O-])c1. The monoisotopic (exact) mass is 383 g/mol. The van der Waals surface area contributed by atoms with Crippen LogP contribution in [-0.2, 0) is 4.79 Å². The molecular weight excluding hydrogens is 365 g/mol. The second kappa shape index (κ2) is 7.54. The standard InChI is InChI=1S/C20H18FN3O2S/c21-16-6-1-2-7-17(16)23-8-10-24(11-9-23)20-22-19(26)18(27-20)13-14-4-3-5-15(25)12-14/h1-7,12-13,25H,8-11H2. The number of quaternary nitrogens is 1. The number of hydrogen-bond acceptors (Lipinski definition) is 4. The van der Waals surface area contributed by atoms with E-state index < -0.39 is 0 Å². The fourth-order valence-corrected chi connectivity index (χ4v) is 4.24. The number of rotatable bonds is 2. The van der Waals surface area contributed by atoms with Crippen LogP contribution in [0.4, 0.5) is 10.1 Å². The molecule has 1 saturated heterocycles. The van der Waals surface area contributed by atoms with Gasteiger partial charge in [0, 0.05) is 6.07 Å². The van der Waals surface area contributed by atoms with Crippen LogP contribution in [0, 0.1) is 5.82 Å². The molecule has 4 rings (SSSR count). The van der Waals surface area contributed by atoms with Gasteiger partial charge in [0.25, 0.3) is 5.91 Å². The van der Waals surface area contributed by atoms with Crippen molar-refractivity contribution in [2.24, 2.45) is 4.99 Å². The first-order valence-electron chi connectivity index (χ1n) is 8.74. The maximum atomic E-state index is 14.0. The predicted octanol–water partition coefficient (Wildman–Crippen LogP) is 1.40. The van der Waals surface area contributed by atoms with Crippen molar-refractivity contribution in [3.8, 4) is 5.75 Å². The molecule has 2 aromatic rings. The number of halogens is 1. The lowest BCUT2D eigenvalue weighted by atomic mass is 10.2. The fourth-order valence-electron chi connectivity index (χ4n) is 3.27. The van der Waals surface area contributed by atoms with Gasteiger partial charge in [-0.2, -0.15) is 4.99 Å². The smallest absolute Gasteiger partial charge is 0.286 e. The number of carbonyl (C=O) groups excluding carboxylic acids is 1. The van der Waals surface area contributed by atoms with Gasteiger partial charge in [0.15, 0.2) is 16.7 Å². The second-order valence-electron chi connectivity index (χ2n) is 6.45. The van der Waals surface area contributed by atoms with Gasteiger partial charge in [0.2, 0.25) is 0 Å². The summed E-state index contributed by atoms with van der Waals surface area (Å²) in [4.78, 5) is 20.1. The van der Waals surface area contributed by atoms with Gasteiger partial charge >= 0.3 is 0 Å². The van der Waals surface area contributed by atoms with E-state index in [4.69, 9.17) is 0 Å². The number of hydrogen-bond donors (Lipinski definition) is 1. The number of nitrogens with one attached hydrogen (secondary N) is 1. The molecule has 0 bridgehead atoms. The molecule has 2 aliphatic rings.